The van der Waals surface area contributed by atoms with Crippen molar-refractivity contribution in [3.05, 3.63) is 34.9 Å². The highest BCUT2D eigenvalue weighted by Crippen LogP contribution is 2.24. The lowest BCUT2D eigenvalue weighted by molar-refractivity contribution is -0.143. The molecular weight excluding hydrogens is 292 g/mol. The second-order valence-corrected chi connectivity index (χ2v) is 5.73. The van der Waals surface area contributed by atoms with Crippen LogP contribution in [0.1, 0.15) is 31.2 Å². The zero-order valence-electron chi connectivity index (χ0n) is 11.6. The number of aliphatic carboxylic acids is 1. The lowest BCUT2D eigenvalue weighted by Crippen LogP contribution is -2.48. The Kier molecular flexibility index (Phi) is 5.44. The van der Waals surface area contributed by atoms with Gasteiger partial charge in [0.05, 0.1) is 5.92 Å². The Bertz CT molecular complexity index is 504. The van der Waals surface area contributed by atoms with Crippen LogP contribution in [0.3, 0.4) is 0 Å². The number of benzene rings is 1. The van der Waals surface area contributed by atoms with E-state index in [-0.39, 0.29) is 12.1 Å². The van der Waals surface area contributed by atoms with E-state index in [4.69, 9.17) is 11.6 Å². The number of hydrogen-bond acceptors (Lipinski definition) is 2. The highest BCUT2D eigenvalue weighted by Gasteiger charge is 2.31. The average Bonchev–Trinajstić information content (AvgIpc) is 2.47. The van der Waals surface area contributed by atoms with E-state index < -0.39 is 11.9 Å². The van der Waals surface area contributed by atoms with Crippen LogP contribution in [0.15, 0.2) is 24.3 Å². The highest BCUT2D eigenvalue weighted by atomic mass is 35.5. The van der Waals surface area contributed by atoms with Crippen molar-refractivity contribution < 1.29 is 14.7 Å². The maximum Gasteiger partial charge on any atom is 0.315 e. The van der Waals surface area contributed by atoms with Gasteiger partial charge in [0.2, 0.25) is 0 Å². The molecule has 0 spiro atoms. The van der Waals surface area contributed by atoms with Crippen LogP contribution in [0.2, 0.25) is 5.02 Å². The summed E-state index contributed by atoms with van der Waals surface area (Å²) in [7, 11) is 0. The number of carbonyl (C=O) groups is 2. The highest BCUT2D eigenvalue weighted by molar-refractivity contribution is 6.30. The zero-order valence-corrected chi connectivity index (χ0v) is 12.4. The summed E-state index contributed by atoms with van der Waals surface area (Å²) in [6, 6.07) is 6.58. The second kappa shape index (κ2) is 7.31. The van der Waals surface area contributed by atoms with Gasteiger partial charge in [-0.2, -0.15) is 0 Å². The molecule has 2 atom stereocenters. The third-order valence-electron chi connectivity index (χ3n) is 3.77. The molecule has 1 aliphatic carbocycles. The topological polar surface area (TPSA) is 78.4 Å². The first kappa shape index (κ1) is 15.6. The molecule has 2 amide bonds. The number of nitrogens with one attached hydrogen (secondary N) is 2. The molecule has 0 heterocycles. The van der Waals surface area contributed by atoms with Crippen molar-refractivity contribution in [2.24, 2.45) is 5.92 Å². The monoisotopic (exact) mass is 310 g/mol. The van der Waals surface area contributed by atoms with E-state index in [1.807, 2.05) is 12.1 Å². The summed E-state index contributed by atoms with van der Waals surface area (Å²) in [5.74, 6) is -1.32. The molecule has 5 nitrogen and oxygen atoms in total. The molecule has 1 aromatic carbocycles. The molecule has 2 rings (SSSR count). The molecule has 1 aliphatic rings. The lowest BCUT2D eigenvalue weighted by atomic mass is 9.84. The van der Waals surface area contributed by atoms with Crippen molar-refractivity contribution in [3.8, 4) is 0 Å². The largest absolute Gasteiger partial charge is 0.481 e. The van der Waals surface area contributed by atoms with E-state index in [0.717, 1.165) is 18.4 Å². The van der Waals surface area contributed by atoms with Gasteiger partial charge in [0.25, 0.3) is 0 Å². The number of urea groups is 1. The van der Waals surface area contributed by atoms with Gasteiger partial charge >= 0.3 is 12.0 Å². The summed E-state index contributed by atoms with van der Waals surface area (Å²) in [5.41, 5.74) is 0.938. The Morgan fingerprint density at radius 1 is 1.19 bits per heavy atom. The van der Waals surface area contributed by atoms with E-state index in [1.165, 1.54) is 0 Å². The summed E-state index contributed by atoms with van der Waals surface area (Å²) < 4.78 is 0. The predicted molar refractivity (Wildman–Crippen MR) is 80.2 cm³/mol. The third-order valence-corrected chi connectivity index (χ3v) is 4.02. The first-order chi connectivity index (χ1) is 10.1. The minimum Gasteiger partial charge on any atom is -0.481 e. The van der Waals surface area contributed by atoms with Crippen LogP contribution in [-0.4, -0.2) is 23.1 Å². The summed E-state index contributed by atoms with van der Waals surface area (Å²) in [6.07, 6.45) is 3.19. The number of carboxylic acid groups (broad SMARTS) is 1. The molecule has 0 bridgehead atoms. The minimum absolute atomic E-state index is 0.290. The maximum atomic E-state index is 11.9. The average molecular weight is 311 g/mol. The van der Waals surface area contributed by atoms with Crippen LogP contribution in [0.5, 0.6) is 0 Å². The van der Waals surface area contributed by atoms with Gasteiger partial charge in [-0.1, -0.05) is 36.6 Å². The number of carbonyl (C=O) groups excluding carboxylic acids is 1. The number of rotatable bonds is 4. The van der Waals surface area contributed by atoms with Crippen molar-refractivity contribution in [2.45, 2.75) is 38.3 Å². The van der Waals surface area contributed by atoms with Gasteiger partial charge in [-0.05, 0) is 30.5 Å². The fraction of sp³-hybridized carbons (Fsp3) is 0.467. The van der Waals surface area contributed by atoms with Crippen molar-refractivity contribution in [3.63, 3.8) is 0 Å². The van der Waals surface area contributed by atoms with E-state index in [2.05, 4.69) is 10.6 Å². The summed E-state index contributed by atoms with van der Waals surface area (Å²) in [5, 5.41) is 15.3. The van der Waals surface area contributed by atoms with Crippen molar-refractivity contribution in [2.75, 3.05) is 0 Å². The Hall–Kier alpha value is -1.75. The van der Waals surface area contributed by atoms with Crippen LogP contribution < -0.4 is 10.6 Å². The molecule has 2 unspecified atom stereocenters. The molecule has 0 radical (unpaired) electrons. The minimum atomic E-state index is -0.835. The molecule has 0 aromatic heterocycles. The first-order valence-electron chi connectivity index (χ1n) is 7.08. The predicted octanol–water partition coefficient (Wildman–Crippen LogP) is 2.78. The van der Waals surface area contributed by atoms with Gasteiger partial charge in [-0.3, -0.25) is 4.79 Å². The SMILES string of the molecule is O=C(NCc1ccc(Cl)cc1)NC1CCCCC1C(=O)O. The molecule has 1 saturated carbocycles. The molecule has 3 N–H and O–H groups in total. The normalized spacial score (nSPS) is 21.6. The van der Waals surface area contributed by atoms with E-state index in [1.54, 1.807) is 12.1 Å². The van der Waals surface area contributed by atoms with Crippen LogP contribution in [0.25, 0.3) is 0 Å². The van der Waals surface area contributed by atoms with E-state index in [9.17, 15) is 14.7 Å². The van der Waals surface area contributed by atoms with Gasteiger partial charge in [0.1, 0.15) is 0 Å². The quantitative estimate of drug-likeness (QED) is 0.800. The van der Waals surface area contributed by atoms with Crippen LogP contribution >= 0.6 is 11.6 Å². The van der Waals surface area contributed by atoms with Gasteiger partial charge in [0.15, 0.2) is 0 Å². The number of halogens is 1. The Balaban J connectivity index is 1.83. The fourth-order valence-electron chi connectivity index (χ4n) is 2.60. The van der Waals surface area contributed by atoms with E-state index >= 15 is 0 Å². The van der Waals surface area contributed by atoms with Gasteiger partial charge in [-0.25, -0.2) is 4.79 Å². The lowest BCUT2D eigenvalue weighted by Gasteiger charge is -2.29. The Morgan fingerprint density at radius 2 is 1.86 bits per heavy atom. The van der Waals surface area contributed by atoms with Crippen molar-refractivity contribution in [1.29, 1.82) is 0 Å². The second-order valence-electron chi connectivity index (χ2n) is 5.29. The van der Waals surface area contributed by atoms with Crippen molar-refractivity contribution >= 4 is 23.6 Å². The molecule has 6 heteroatoms. The summed E-state index contributed by atoms with van der Waals surface area (Å²) >= 11 is 5.79. The zero-order chi connectivity index (χ0) is 15.2. The van der Waals surface area contributed by atoms with Gasteiger partial charge in [0, 0.05) is 17.6 Å². The summed E-state index contributed by atoms with van der Waals surface area (Å²) in [4.78, 5) is 23.1. The van der Waals surface area contributed by atoms with Crippen LogP contribution in [0, 0.1) is 5.92 Å². The Labute approximate surface area is 128 Å². The molecule has 0 aliphatic heterocycles. The number of carboxylic acids is 1. The fourth-order valence-corrected chi connectivity index (χ4v) is 2.73. The third kappa shape index (κ3) is 4.63. The van der Waals surface area contributed by atoms with E-state index in [0.29, 0.717) is 24.4 Å². The molecule has 114 valence electrons. The molecular formula is C15H19ClN2O3. The van der Waals surface area contributed by atoms with Crippen LogP contribution in [0.4, 0.5) is 4.79 Å². The smallest absolute Gasteiger partial charge is 0.315 e. The Morgan fingerprint density at radius 3 is 2.52 bits per heavy atom. The van der Waals surface area contributed by atoms with Gasteiger partial charge in [-0.15, -0.1) is 0 Å². The van der Waals surface area contributed by atoms with Gasteiger partial charge < -0.3 is 15.7 Å². The number of amides is 2. The molecule has 21 heavy (non-hydrogen) atoms. The van der Waals surface area contributed by atoms with Crippen LogP contribution in [-0.2, 0) is 11.3 Å². The standard InChI is InChI=1S/C15H19ClN2O3/c16-11-7-5-10(6-8-11)9-17-15(21)18-13-4-2-1-3-12(13)14(19)20/h5-8,12-13H,1-4,9H2,(H,19,20)(H2,17,18,21). The summed E-state index contributed by atoms with van der Waals surface area (Å²) in [6.45, 7) is 0.382. The first-order valence-corrected chi connectivity index (χ1v) is 7.45. The molecule has 1 fully saturated rings. The maximum absolute atomic E-state index is 11.9. The molecule has 1 aromatic rings. The number of hydrogen-bond donors (Lipinski definition) is 3. The molecule has 0 saturated heterocycles. The van der Waals surface area contributed by atoms with Crippen molar-refractivity contribution in [1.82, 2.24) is 10.6 Å².